The lowest BCUT2D eigenvalue weighted by atomic mass is 10.1. The molecule has 1 amide bonds. The maximum atomic E-state index is 13.2. The summed E-state index contributed by atoms with van der Waals surface area (Å²) < 4.78 is 2.13. The number of nitrogens with zero attached hydrogens (tertiary/aromatic N) is 4. The predicted octanol–water partition coefficient (Wildman–Crippen LogP) is 3.79. The quantitative estimate of drug-likeness (QED) is 0.836. The molecule has 2 aromatic heterocycles. The van der Waals surface area contributed by atoms with Crippen LogP contribution in [-0.4, -0.2) is 50.8 Å². The van der Waals surface area contributed by atoms with Crippen LogP contribution in [0.2, 0.25) is 0 Å². The van der Waals surface area contributed by atoms with Gasteiger partial charge in [-0.3, -0.25) is 14.1 Å². The Bertz CT molecular complexity index is 729. The summed E-state index contributed by atoms with van der Waals surface area (Å²) in [6.45, 7) is 6.00. The van der Waals surface area contributed by atoms with Crippen LogP contribution in [0.5, 0.6) is 0 Å². The summed E-state index contributed by atoms with van der Waals surface area (Å²) in [4.78, 5) is 23.5. The van der Waals surface area contributed by atoms with Crippen LogP contribution in [0.15, 0.2) is 11.6 Å². The molecule has 0 unspecified atom stereocenters. The zero-order valence-corrected chi connectivity index (χ0v) is 15.9. The minimum absolute atomic E-state index is 0.139. The first-order valence-electron chi connectivity index (χ1n) is 9.72. The normalized spacial score (nSPS) is 23.1. The van der Waals surface area contributed by atoms with Gasteiger partial charge in [0.25, 0.3) is 5.91 Å². The standard InChI is InChI=1S/C19H28N4OS/c1-15-8-7-11-22(15)14-16-17(20-19-23(16)12-13-25-19)18(24)21-9-5-3-2-4-6-10-21/h12-13,15H,2-11,14H2,1H3/t15-/m1/s1. The first-order valence-corrected chi connectivity index (χ1v) is 10.6. The van der Waals surface area contributed by atoms with Gasteiger partial charge in [-0.05, 0) is 39.2 Å². The Morgan fingerprint density at radius 3 is 2.64 bits per heavy atom. The van der Waals surface area contributed by atoms with E-state index in [2.05, 4.69) is 27.8 Å². The average molecular weight is 361 g/mol. The Hall–Kier alpha value is -1.40. The van der Waals surface area contributed by atoms with Crippen molar-refractivity contribution in [2.45, 2.75) is 64.5 Å². The van der Waals surface area contributed by atoms with Gasteiger partial charge in [0.2, 0.25) is 0 Å². The van der Waals surface area contributed by atoms with E-state index in [1.807, 2.05) is 4.90 Å². The molecule has 5 nitrogen and oxygen atoms in total. The van der Waals surface area contributed by atoms with Crippen LogP contribution < -0.4 is 0 Å². The summed E-state index contributed by atoms with van der Waals surface area (Å²) in [5.41, 5.74) is 1.77. The van der Waals surface area contributed by atoms with E-state index < -0.39 is 0 Å². The molecule has 0 spiro atoms. The zero-order valence-electron chi connectivity index (χ0n) is 15.1. The number of imidazole rings is 1. The second-order valence-electron chi connectivity index (χ2n) is 7.48. The van der Waals surface area contributed by atoms with Gasteiger partial charge in [0.1, 0.15) is 0 Å². The van der Waals surface area contributed by atoms with Gasteiger partial charge in [-0.15, -0.1) is 11.3 Å². The topological polar surface area (TPSA) is 40.9 Å². The van der Waals surface area contributed by atoms with Gasteiger partial charge >= 0.3 is 0 Å². The average Bonchev–Trinajstić information content (AvgIpc) is 3.25. The minimum Gasteiger partial charge on any atom is -0.337 e. The number of hydrogen-bond donors (Lipinski definition) is 0. The van der Waals surface area contributed by atoms with Crippen LogP contribution in [0.25, 0.3) is 4.96 Å². The van der Waals surface area contributed by atoms with Gasteiger partial charge < -0.3 is 4.90 Å². The highest BCUT2D eigenvalue weighted by molar-refractivity contribution is 7.15. The fourth-order valence-corrected chi connectivity index (χ4v) is 4.91. The molecule has 4 rings (SSSR count). The Labute approximate surface area is 153 Å². The Morgan fingerprint density at radius 1 is 1.16 bits per heavy atom. The SMILES string of the molecule is C[C@@H]1CCCN1Cc1c(C(=O)N2CCCCCCC2)nc2sccn12. The minimum atomic E-state index is 0.139. The van der Waals surface area contributed by atoms with Gasteiger partial charge in [0.05, 0.1) is 5.69 Å². The molecule has 0 saturated carbocycles. The molecule has 2 saturated heterocycles. The van der Waals surface area contributed by atoms with Crippen LogP contribution in [0.1, 0.15) is 68.1 Å². The Kier molecular flexibility index (Phi) is 5.08. The molecule has 4 heterocycles. The van der Waals surface area contributed by atoms with Crippen molar-refractivity contribution in [1.29, 1.82) is 0 Å². The number of fused-ring (bicyclic) bond motifs is 1. The van der Waals surface area contributed by atoms with Crippen molar-refractivity contribution in [2.24, 2.45) is 0 Å². The summed E-state index contributed by atoms with van der Waals surface area (Å²) in [6.07, 6.45) is 10.6. The number of thiazole rings is 1. The summed E-state index contributed by atoms with van der Waals surface area (Å²) in [5, 5.41) is 2.06. The van der Waals surface area contributed by atoms with E-state index in [9.17, 15) is 4.79 Å². The van der Waals surface area contributed by atoms with Crippen molar-refractivity contribution in [3.8, 4) is 0 Å². The lowest BCUT2D eigenvalue weighted by Crippen LogP contribution is -2.35. The molecule has 25 heavy (non-hydrogen) atoms. The van der Waals surface area contributed by atoms with Crippen molar-refractivity contribution >= 4 is 22.2 Å². The monoisotopic (exact) mass is 360 g/mol. The fraction of sp³-hybridized carbons (Fsp3) is 0.684. The molecule has 1 atom stereocenters. The van der Waals surface area contributed by atoms with Crippen molar-refractivity contribution in [3.63, 3.8) is 0 Å². The maximum Gasteiger partial charge on any atom is 0.274 e. The molecule has 2 fully saturated rings. The van der Waals surface area contributed by atoms with Crippen molar-refractivity contribution in [1.82, 2.24) is 19.2 Å². The molecule has 2 aromatic rings. The third kappa shape index (κ3) is 3.47. The summed E-state index contributed by atoms with van der Waals surface area (Å²) in [7, 11) is 0. The highest BCUT2D eigenvalue weighted by Gasteiger charge is 2.28. The van der Waals surface area contributed by atoms with Crippen molar-refractivity contribution < 1.29 is 4.79 Å². The largest absolute Gasteiger partial charge is 0.337 e. The Balaban J connectivity index is 1.62. The molecule has 2 aliphatic rings. The van der Waals surface area contributed by atoms with Gasteiger partial charge in [-0.2, -0.15) is 0 Å². The van der Waals surface area contributed by atoms with E-state index in [1.165, 1.54) is 32.1 Å². The third-order valence-corrected chi connectivity index (χ3v) is 6.51. The van der Waals surface area contributed by atoms with Gasteiger partial charge in [-0.25, -0.2) is 4.98 Å². The van der Waals surface area contributed by atoms with Crippen molar-refractivity contribution in [3.05, 3.63) is 23.0 Å². The summed E-state index contributed by atoms with van der Waals surface area (Å²) in [5.74, 6) is 0.139. The number of aromatic nitrogens is 2. The highest BCUT2D eigenvalue weighted by Crippen LogP contribution is 2.25. The molecular formula is C19H28N4OS. The predicted molar refractivity (Wildman–Crippen MR) is 101 cm³/mol. The third-order valence-electron chi connectivity index (χ3n) is 5.75. The maximum absolute atomic E-state index is 13.2. The highest BCUT2D eigenvalue weighted by atomic mass is 32.1. The fourth-order valence-electron chi connectivity index (χ4n) is 4.18. The van der Waals surface area contributed by atoms with Crippen LogP contribution in [-0.2, 0) is 6.54 Å². The number of carbonyl (C=O) groups excluding carboxylic acids is 1. The van der Waals surface area contributed by atoms with E-state index >= 15 is 0 Å². The van der Waals surface area contributed by atoms with Gasteiger partial charge in [-0.1, -0.05) is 19.3 Å². The summed E-state index contributed by atoms with van der Waals surface area (Å²) >= 11 is 1.62. The van der Waals surface area contributed by atoms with E-state index in [1.54, 1.807) is 11.3 Å². The van der Waals surface area contributed by atoms with Gasteiger partial charge in [0, 0.05) is 37.3 Å². The molecule has 0 N–H and O–H groups in total. The zero-order chi connectivity index (χ0) is 17.2. The van der Waals surface area contributed by atoms with Gasteiger partial charge in [0.15, 0.2) is 10.7 Å². The molecular weight excluding hydrogens is 332 g/mol. The number of likely N-dealkylation sites (tertiary alicyclic amines) is 2. The molecule has 0 bridgehead atoms. The van der Waals surface area contributed by atoms with Crippen LogP contribution in [0.3, 0.4) is 0 Å². The lowest BCUT2D eigenvalue weighted by molar-refractivity contribution is 0.0734. The second kappa shape index (κ2) is 7.46. The molecule has 6 heteroatoms. The lowest BCUT2D eigenvalue weighted by Gasteiger charge is -2.25. The molecule has 2 aliphatic heterocycles. The van der Waals surface area contributed by atoms with E-state index in [4.69, 9.17) is 4.98 Å². The molecule has 136 valence electrons. The number of rotatable bonds is 3. The summed E-state index contributed by atoms with van der Waals surface area (Å²) in [6, 6.07) is 0.592. The first kappa shape index (κ1) is 17.0. The van der Waals surface area contributed by atoms with E-state index in [0.29, 0.717) is 11.7 Å². The molecule has 0 aliphatic carbocycles. The van der Waals surface area contributed by atoms with Crippen LogP contribution in [0.4, 0.5) is 0 Å². The number of amides is 1. The molecule has 0 aromatic carbocycles. The van der Waals surface area contributed by atoms with E-state index in [0.717, 1.165) is 49.7 Å². The van der Waals surface area contributed by atoms with Crippen LogP contribution >= 0.6 is 11.3 Å². The Morgan fingerprint density at radius 2 is 1.92 bits per heavy atom. The number of carbonyl (C=O) groups is 1. The molecule has 0 radical (unpaired) electrons. The van der Waals surface area contributed by atoms with Crippen molar-refractivity contribution in [2.75, 3.05) is 19.6 Å². The van der Waals surface area contributed by atoms with Crippen LogP contribution in [0, 0.1) is 0 Å². The first-order chi connectivity index (χ1) is 12.2. The van der Waals surface area contributed by atoms with E-state index in [-0.39, 0.29) is 5.91 Å². The number of hydrogen-bond acceptors (Lipinski definition) is 4. The second-order valence-corrected chi connectivity index (χ2v) is 8.36. The smallest absolute Gasteiger partial charge is 0.274 e.